The van der Waals surface area contributed by atoms with Gasteiger partial charge in [-0.3, -0.25) is 19.8 Å². The number of hydrogen-bond donors (Lipinski definition) is 2. The molecule has 2 aromatic carbocycles. The molecule has 0 aliphatic carbocycles. The van der Waals surface area contributed by atoms with Crippen LogP contribution in [0.2, 0.25) is 5.02 Å². The number of hydrogen-bond acceptors (Lipinski definition) is 3. The first-order valence-electron chi connectivity index (χ1n) is 8.47. The summed E-state index contributed by atoms with van der Waals surface area (Å²) in [6.07, 6.45) is -5.12. The summed E-state index contributed by atoms with van der Waals surface area (Å²) in [4.78, 5) is 37.6. The van der Waals surface area contributed by atoms with Crippen molar-refractivity contribution >= 4 is 29.4 Å². The molecule has 6 nitrogen and oxygen atoms in total. The second-order valence-electron chi connectivity index (χ2n) is 6.30. The van der Waals surface area contributed by atoms with E-state index < -0.39 is 29.7 Å². The summed E-state index contributed by atoms with van der Waals surface area (Å²) in [6, 6.07) is 12.8. The van der Waals surface area contributed by atoms with Crippen molar-refractivity contribution in [2.75, 3.05) is 6.54 Å². The summed E-state index contributed by atoms with van der Waals surface area (Å²) < 4.78 is 41.5. The zero-order valence-electron chi connectivity index (χ0n) is 14.8. The number of halogens is 4. The van der Waals surface area contributed by atoms with Gasteiger partial charge in [0.25, 0.3) is 17.5 Å². The second-order valence-corrected chi connectivity index (χ2v) is 6.71. The van der Waals surface area contributed by atoms with Gasteiger partial charge in [0.2, 0.25) is 0 Å². The molecule has 1 atom stereocenters. The number of rotatable bonds is 5. The topological polar surface area (TPSA) is 78.5 Å². The van der Waals surface area contributed by atoms with E-state index in [2.05, 4.69) is 0 Å². The van der Waals surface area contributed by atoms with Crippen LogP contribution >= 0.6 is 11.6 Å². The number of carbonyl (C=O) groups excluding carboxylic acids is 3. The molecule has 3 rings (SSSR count). The summed E-state index contributed by atoms with van der Waals surface area (Å²) in [5.41, 5.74) is -3.10. The van der Waals surface area contributed by atoms with Crippen molar-refractivity contribution in [2.45, 2.75) is 18.3 Å². The van der Waals surface area contributed by atoms with Gasteiger partial charge in [-0.15, -0.1) is 0 Å². The SMILES string of the molecule is O=C(N[C@@]1(C(F)(F)F)NC(=O)N(CCc2ccccc2)C1=O)c1ccccc1Cl. The largest absolute Gasteiger partial charge is 0.440 e. The Balaban J connectivity index is 1.86. The molecule has 2 aromatic rings. The first-order chi connectivity index (χ1) is 13.7. The number of nitrogens with one attached hydrogen (secondary N) is 2. The Bertz CT molecular complexity index is 952. The van der Waals surface area contributed by atoms with Gasteiger partial charge >= 0.3 is 12.2 Å². The van der Waals surface area contributed by atoms with Gasteiger partial charge in [-0.25, -0.2) is 4.79 Å². The van der Waals surface area contributed by atoms with Crippen molar-refractivity contribution in [1.82, 2.24) is 15.5 Å². The molecule has 1 heterocycles. The Labute approximate surface area is 168 Å². The maximum absolute atomic E-state index is 13.8. The minimum absolute atomic E-state index is 0.0972. The molecule has 2 N–H and O–H groups in total. The average Bonchev–Trinajstić information content (AvgIpc) is 2.91. The molecule has 1 fully saturated rings. The third-order valence-electron chi connectivity index (χ3n) is 4.42. The summed E-state index contributed by atoms with van der Waals surface area (Å²) in [7, 11) is 0. The minimum atomic E-state index is -5.28. The molecule has 152 valence electrons. The number of amides is 4. The number of alkyl halides is 3. The number of nitrogens with zero attached hydrogens (tertiary/aromatic N) is 1. The van der Waals surface area contributed by atoms with Gasteiger partial charge in [-0.05, 0) is 24.1 Å². The lowest BCUT2D eigenvalue weighted by Gasteiger charge is -2.30. The first-order valence-corrected chi connectivity index (χ1v) is 8.85. The van der Waals surface area contributed by atoms with Crippen LogP contribution in [-0.4, -0.2) is 41.1 Å². The standard InChI is InChI=1S/C19H15ClF3N3O3/c20-14-9-5-4-8-13(14)15(27)24-18(19(21,22)23)16(28)26(17(29)25-18)11-10-12-6-2-1-3-7-12/h1-9H,10-11H2,(H,24,27)(H,25,29)/t18-/m1/s1. The summed E-state index contributed by atoms with van der Waals surface area (Å²) in [5, 5.41) is 3.13. The van der Waals surface area contributed by atoms with Crippen molar-refractivity contribution in [3.05, 3.63) is 70.7 Å². The molecule has 0 saturated carbocycles. The number of urea groups is 1. The van der Waals surface area contributed by atoms with Crippen molar-refractivity contribution < 1.29 is 27.6 Å². The van der Waals surface area contributed by atoms with Crippen LogP contribution in [0.3, 0.4) is 0 Å². The molecular weight excluding hydrogens is 411 g/mol. The molecule has 29 heavy (non-hydrogen) atoms. The van der Waals surface area contributed by atoms with Crippen LogP contribution < -0.4 is 10.6 Å². The fraction of sp³-hybridized carbons (Fsp3) is 0.211. The van der Waals surface area contributed by atoms with E-state index in [9.17, 15) is 27.6 Å². The van der Waals surface area contributed by atoms with E-state index >= 15 is 0 Å². The van der Waals surface area contributed by atoms with Crippen molar-refractivity contribution in [3.8, 4) is 0 Å². The molecule has 0 spiro atoms. The molecule has 0 radical (unpaired) electrons. The van der Waals surface area contributed by atoms with E-state index in [1.165, 1.54) is 24.3 Å². The number of benzene rings is 2. The monoisotopic (exact) mass is 425 g/mol. The van der Waals surface area contributed by atoms with E-state index in [1.54, 1.807) is 41.0 Å². The minimum Gasteiger partial charge on any atom is -0.314 e. The molecule has 0 bridgehead atoms. The lowest BCUT2D eigenvalue weighted by Crippen LogP contribution is -2.69. The van der Waals surface area contributed by atoms with Gasteiger partial charge in [-0.2, -0.15) is 13.2 Å². The normalized spacial score (nSPS) is 19.2. The molecular formula is C19H15ClF3N3O3. The molecule has 1 saturated heterocycles. The van der Waals surface area contributed by atoms with E-state index in [1.807, 2.05) is 0 Å². The van der Waals surface area contributed by atoms with Gasteiger partial charge in [-0.1, -0.05) is 54.1 Å². The van der Waals surface area contributed by atoms with Gasteiger partial charge < -0.3 is 5.32 Å². The van der Waals surface area contributed by atoms with Crippen LogP contribution in [-0.2, 0) is 11.2 Å². The van der Waals surface area contributed by atoms with Crippen LogP contribution in [0.1, 0.15) is 15.9 Å². The van der Waals surface area contributed by atoms with Crippen molar-refractivity contribution in [3.63, 3.8) is 0 Å². The van der Waals surface area contributed by atoms with Gasteiger partial charge in [0, 0.05) is 6.54 Å². The summed E-state index contributed by atoms with van der Waals surface area (Å²) >= 11 is 5.85. The highest BCUT2D eigenvalue weighted by Crippen LogP contribution is 2.34. The Morgan fingerprint density at radius 2 is 1.69 bits per heavy atom. The zero-order valence-corrected chi connectivity index (χ0v) is 15.6. The Hall–Kier alpha value is -3.07. The van der Waals surface area contributed by atoms with Crippen LogP contribution in [0.25, 0.3) is 0 Å². The highest BCUT2D eigenvalue weighted by atomic mass is 35.5. The fourth-order valence-corrected chi connectivity index (χ4v) is 3.12. The maximum atomic E-state index is 13.8. The smallest absolute Gasteiger partial charge is 0.314 e. The van der Waals surface area contributed by atoms with Gasteiger partial charge in [0.05, 0.1) is 10.6 Å². The lowest BCUT2D eigenvalue weighted by molar-refractivity contribution is -0.200. The van der Waals surface area contributed by atoms with Crippen LogP contribution in [0.5, 0.6) is 0 Å². The summed E-state index contributed by atoms with van der Waals surface area (Å²) in [5.74, 6) is -2.85. The molecule has 0 aromatic heterocycles. The van der Waals surface area contributed by atoms with E-state index in [-0.39, 0.29) is 23.6 Å². The van der Waals surface area contributed by atoms with Crippen molar-refractivity contribution in [2.24, 2.45) is 0 Å². The van der Waals surface area contributed by atoms with E-state index in [0.717, 1.165) is 5.56 Å². The highest BCUT2D eigenvalue weighted by molar-refractivity contribution is 6.34. The molecule has 1 aliphatic heterocycles. The van der Waals surface area contributed by atoms with Crippen LogP contribution in [0.4, 0.5) is 18.0 Å². The average molecular weight is 426 g/mol. The van der Waals surface area contributed by atoms with Crippen LogP contribution in [0.15, 0.2) is 54.6 Å². The predicted molar refractivity (Wildman–Crippen MR) is 98.1 cm³/mol. The Morgan fingerprint density at radius 1 is 1.07 bits per heavy atom. The number of imide groups is 1. The molecule has 10 heteroatoms. The Kier molecular flexibility index (Phi) is 5.52. The van der Waals surface area contributed by atoms with E-state index in [0.29, 0.717) is 4.90 Å². The molecule has 4 amide bonds. The molecule has 0 unspecified atom stereocenters. The van der Waals surface area contributed by atoms with Gasteiger partial charge in [0.15, 0.2) is 0 Å². The Morgan fingerprint density at radius 3 is 2.31 bits per heavy atom. The zero-order chi connectivity index (χ0) is 21.2. The molecule has 1 aliphatic rings. The highest BCUT2D eigenvalue weighted by Gasteiger charge is 2.68. The third-order valence-corrected chi connectivity index (χ3v) is 4.75. The van der Waals surface area contributed by atoms with Crippen LogP contribution in [0, 0.1) is 0 Å². The lowest BCUT2D eigenvalue weighted by atomic mass is 10.1. The quantitative estimate of drug-likeness (QED) is 0.722. The van der Waals surface area contributed by atoms with Crippen molar-refractivity contribution in [1.29, 1.82) is 0 Å². The number of carbonyl (C=O) groups is 3. The fourth-order valence-electron chi connectivity index (χ4n) is 2.90. The predicted octanol–water partition coefficient (Wildman–Crippen LogP) is 3.12. The van der Waals surface area contributed by atoms with Gasteiger partial charge in [0.1, 0.15) is 0 Å². The van der Waals surface area contributed by atoms with E-state index in [4.69, 9.17) is 11.6 Å². The third kappa shape index (κ3) is 3.91. The maximum Gasteiger partial charge on any atom is 0.440 e. The summed E-state index contributed by atoms with van der Waals surface area (Å²) in [6.45, 7) is -0.283. The second kappa shape index (κ2) is 7.75. The first kappa shape index (κ1) is 20.7.